The molecular formula is C20H20O5. The Bertz CT molecular complexity index is 838. The average Bonchev–Trinajstić information content (AvgIpc) is 2.96. The van der Waals surface area contributed by atoms with Crippen LogP contribution in [0.1, 0.15) is 16.7 Å². The minimum absolute atomic E-state index is 0.0747. The third-order valence-electron chi connectivity index (χ3n) is 4.21. The van der Waals surface area contributed by atoms with Crippen LogP contribution in [0.5, 0.6) is 17.2 Å². The Hall–Kier alpha value is -2.95. The van der Waals surface area contributed by atoms with Crippen molar-refractivity contribution in [3.63, 3.8) is 0 Å². The molecule has 1 aliphatic heterocycles. The molecule has 1 heterocycles. The van der Waals surface area contributed by atoms with Crippen molar-refractivity contribution in [3.05, 3.63) is 59.2 Å². The van der Waals surface area contributed by atoms with Gasteiger partial charge in [-0.15, -0.1) is 0 Å². The summed E-state index contributed by atoms with van der Waals surface area (Å²) < 4.78 is 16.1. The molecule has 0 fully saturated rings. The molecule has 0 radical (unpaired) electrons. The number of esters is 1. The second-order valence-corrected chi connectivity index (χ2v) is 5.94. The van der Waals surface area contributed by atoms with E-state index < -0.39 is 6.10 Å². The molecule has 5 heteroatoms. The Morgan fingerprint density at radius 3 is 2.56 bits per heavy atom. The largest absolute Gasteiger partial charge is 0.504 e. The predicted molar refractivity (Wildman–Crippen MR) is 94.0 cm³/mol. The lowest BCUT2D eigenvalue weighted by Gasteiger charge is -2.17. The van der Waals surface area contributed by atoms with Crippen molar-refractivity contribution in [1.82, 2.24) is 0 Å². The number of carbonyl (C=O) groups excluding carboxylic acids is 1. The maximum Gasteiger partial charge on any atom is 0.331 e. The van der Waals surface area contributed by atoms with Crippen LogP contribution in [-0.4, -0.2) is 31.4 Å². The minimum Gasteiger partial charge on any atom is -0.504 e. The fourth-order valence-corrected chi connectivity index (χ4v) is 2.96. The van der Waals surface area contributed by atoms with E-state index in [4.69, 9.17) is 14.2 Å². The molecule has 3 rings (SSSR count). The first-order valence-corrected chi connectivity index (χ1v) is 7.95. The van der Waals surface area contributed by atoms with Gasteiger partial charge in [-0.25, -0.2) is 4.79 Å². The number of phenols is 1. The Labute approximate surface area is 146 Å². The van der Waals surface area contributed by atoms with Crippen LogP contribution in [0.15, 0.2) is 42.5 Å². The molecule has 0 bridgehead atoms. The van der Waals surface area contributed by atoms with E-state index in [0.717, 1.165) is 22.3 Å². The van der Waals surface area contributed by atoms with Gasteiger partial charge in [0, 0.05) is 23.6 Å². The first-order valence-electron chi connectivity index (χ1n) is 7.95. The molecule has 25 heavy (non-hydrogen) atoms. The normalized spacial score (nSPS) is 16.4. The van der Waals surface area contributed by atoms with Crippen molar-refractivity contribution in [2.24, 2.45) is 0 Å². The Kier molecular flexibility index (Phi) is 4.65. The quantitative estimate of drug-likeness (QED) is 0.846. The molecule has 0 saturated carbocycles. The molecule has 0 saturated heterocycles. The first kappa shape index (κ1) is 16.9. The fraction of sp³-hybridized carbons (Fsp3) is 0.250. The predicted octanol–water partition coefficient (Wildman–Crippen LogP) is 3.27. The molecule has 1 N–H and O–H groups in total. The number of benzene rings is 2. The highest BCUT2D eigenvalue weighted by molar-refractivity contribution is 5.98. The summed E-state index contributed by atoms with van der Waals surface area (Å²) in [5.41, 5.74) is 3.60. The Balaban J connectivity index is 1.92. The molecule has 1 aliphatic rings. The van der Waals surface area contributed by atoms with Crippen molar-refractivity contribution >= 4 is 11.5 Å². The molecule has 130 valence electrons. The highest BCUT2D eigenvalue weighted by atomic mass is 16.5. The van der Waals surface area contributed by atoms with Crippen LogP contribution in [0.25, 0.3) is 5.57 Å². The first-order chi connectivity index (χ1) is 12.0. The lowest BCUT2D eigenvalue weighted by Crippen LogP contribution is -2.15. The number of aromatic hydroxyl groups is 1. The molecule has 0 aliphatic carbocycles. The summed E-state index contributed by atoms with van der Waals surface area (Å²) >= 11 is 0. The van der Waals surface area contributed by atoms with Crippen molar-refractivity contribution < 1.29 is 24.1 Å². The number of ether oxygens (including phenoxy) is 3. The SMILES string of the molecule is COc1cc(CC2OC(=O)C=C2c2ccc(C)cc2OC)ccc1O. The number of aryl methyl sites for hydroxylation is 1. The second kappa shape index (κ2) is 6.89. The van der Waals surface area contributed by atoms with Gasteiger partial charge < -0.3 is 19.3 Å². The molecule has 5 nitrogen and oxygen atoms in total. The summed E-state index contributed by atoms with van der Waals surface area (Å²) in [6.45, 7) is 1.98. The van der Waals surface area contributed by atoms with Gasteiger partial charge in [-0.3, -0.25) is 0 Å². The van der Waals surface area contributed by atoms with Gasteiger partial charge >= 0.3 is 5.97 Å². The second-order valence-electron chi connectivity index (χ2n) is 5.94. The van der Waals surface area contributed by atoms with E-state index in [2.05, 4.69) is 0 Å². The summed E-state index contributed by atoms with van der Waals surface area (Å²) in [5.74, 6) is 0.803. The van der Waals surface area contributed by atoms with E-state index in [9.17, 15) is 9.90 Å². The van der Waals surface area contributed by atoms with Crippen LogP contribution in [-0.2, 0) is 16.0 Å². The Morgan fingerprint density at radius 1 is 1.08 bits per heavy atom. The molecular weight excluding hydrogens is 320 g/mol. The van der Waals surface area contributed by atoms with E-state index in [0.29, 0.717) is 17.9 Å². The number of hydrogen-bond acceptors (Lipinski definition) is 5. The molecule has 1 atom stereocenters. The third kappa shape index (κ3) is 3.45. The number of rotatable bonds is 5. The van der Waals surface area contributed by atoms with E-state index in [1.165, 1.54) is 13.2 Å². The van der Waals surface area contributed by atoms with Gasteiger partial charge in [0.25, 0.3) is 0 Å². The maximum absolute atomic E-state index is 11.9. The zero-order valence-electron chi connectivity index (χ0n) is 14.4. The minimum atomic E-state index is -0.418. The van der Waals surface area contributed by atoms with Crippen molar-refractivity contribution in [1.29, 1.82) is 0 Å². The third-order valence-corrected chi connectivity index (χ3v) is 4.21. The molecule has 0 aromatic heterocycles. The number of carbonyl (C=O) groups is 1. The number of methoxy groups -OCH3 is 2. The van der Waals surface area contributed by atoms with Gasteiger partial charge in [0.15, 0.2) is 11.5 Å². The molecule has 0 amide bonds. The van der Waals surface area contributed by atoms with Crippen LogP contribution in [0.4, 0.5) is 0 Å². The van der Waals surface area contributed by atoms with Crippen molar-refractivity contribution in [2.45, 2.75) is 19.4 Å². The van der Waals surface area contributed by atoms with Crippen molar-refractivity contribution in [3.8, 4) is 17.2 Å². The zero-order chi connectivity index (χ0) is 18.0. The highest BCUT2D eigenvalue weighted by Crippen LogP contribution is 2.36. The van der Waals surface area contributed by atoms with Crippen LogP contribution < -0.4 is 9.47 Å². The van der Waals surface area contributed by atoms with Gasteiger partial charge in [0.2, 0.25) is 0 Å². The number of hydrogen-bond donors (Lipinski definition) is 1. The summed E-state index contributed by atoms with van der Waals surface area (Å²) in [7, 11) is 3.10. The number of phenolic OH excluding ortho intramolecular Hbond substituents is 1. The standard InChI is InChI=1S/C20H20O5/c1-12-4-6-14(17(8-12)23-2)15-11-20(22)25-18(15)9-13-5-7-16(21)19(10-13)24-3/h4-8,10-11,18,21H,9H2,1-3H3. The molecule has 2 aromatic rings. The smallest absolute Gasteiger partial charge is 0.331 e. The van der Waals surface area contributed by atoms with Crippen molar-refractivity contribution in [2.75, 3.05) is 14.2 Å². The summed E-state index contributed by atoms with van der Waals surface area (Å²) in [5, 5.41) is 9.72. The number of cyclic esters (lactones) is 1. The van der Waals surface area contributed by atoms with Crippen LogP contribution >= 0.6 is 0 Å². The Morgan fingerprint density at radius 2 is 1.84 bits per heavy atom. The molecule has 0 spiro atoms. The topological polar surface area (TPSA) is 65.0 Å². The summed E-state index contributed by atoms with van der Waals surface area (Å²) in [4.78, 5) is 11.9. The summed E-state index contributed by atoms with van der Waals surface area (Å²) in [6, 6.07) is 10.9. The molecule has 2 aromatic carbocycles. The van der Waals surface area contributed by atoms with Crippen LogP contribution in [0.2, 0.25) is 0 Å². The lowest BCUT2D eigenvalue weighted by atomic mass is 9.95. The van der Waals surface area contributed by atoms with Crippen LogP contribution in [0.3, 0.4) is 0 Å². The van der Waals surface area contributed by atoms with Gasteiger partial charge in [-0.1, -0.05) is 18.2 Å². The highest BCUT2D eigenvalue weighted by Gasteiger charge is 2.29. The van der Waals surface area contributed by atoms with E-state index in [1.807, 2.05) is 25.1 Å². The monoisotopic (exact) mass is 340 g/mol. The van der Waals surface area contributed by atoms with Crippen LogP contribution in [0, 0.1) is 6.92 Å². The van der Waals surface area contributed by atoms with E-state index in [-0.39, 0.29) is 11.7 Å². The van der Waals surface area contributed by atoms with E-state index in [1.54, 1.807) is 25.3 Å². The molecule has 1 unspecified atom stereocenters. The fourth-order valence-electron chi connectivity index (χ4n) is 2.96. The van der Waals surface area contributed by atoms with Gasteiger partial charge in [0.05, 0.1) is 14.2 Å². The zero-order valence-corrected chi connectivity index (χ0v) is 14.4. The maximum atomic E-state index is 11.9. The average molecular weight is 340 g/mol. The van der Waals surface area contributed by atoms with Gasteiger partial charge in [-0.2, -0.15) is 0 Å². The summed E-state index contributed by atoms with van der Waals surface area (Å²) in [6.07, 6.45) is 1.57. The van der Waals surface area contributed by atoms with Gasteiger partial charge in [0.1, 0.15) is 11.9 Å². The lowest BCUT2D eigenvalue weighted by molar-refractivity contribution is -0.138. The van der Waals surface area contributed by atoms with Gasteiger partial charge in [-0.05, 0) is 36.2 Å². The van der Waals surface area contributed by atoms with E-state index >= 15 is 0 Å².